The van der Waals surface area contributed by atoms with E-state index < -0.39 is 6.17 Å². The average Bonchev–Trinajstić information content (AvgIpc) is 3.06. The van der Waals surface area contributed by atoms with E-state index in [4.69, 9.17) is 0 Å². The number of nitrogens with one attached hydrogen (secondary N) is 2. The van der Waals surface area contributed by atoms with E-state index >= 15 is 0 Å². The van der Waals surface area contributed by atoms with Gasteiger partial charge in [-0.25, -0.2) is 14.8 Å². The SMILES string of the molecule is CCC(=O)NCc1cc(=O)n(C2CCC(F)CC2)cc1C1CCN(C)N1. The van der Waals surface area contributed by atoms with Crippen molar-refractivity contribution in [1.82, 2.24) is 20.3 Å². The molecule has 0 spiro atoms. The van der Waals surface area contributed by atoms with Crippen molar-refractivity contribution in [3.63, 3.8) is 0 Å². The molecule has 1 aliphatic heterocycles. The number of nitrogens with zero attached hydrogens (tertiary/aromatic N) is 2. The summed E-state index contributed by atoms with van der Waals surface area (Å²) in [6.45, 7) is 3.09. The van der Waals surface area contributed by atoms with Crippen LogP contribution in [0.1, 0.15) is 68.7 Å². The zero-order valence-corrected chi connectivity index (χ0v) is 15.6. The molecule has 1 saturated heterocycles. The minimum absolute atomic E-state index is 0.0297. The maximum atomic E-state index is 13.5. The first-order chi connectivity index (χ1) is 12.5. The van der Waals surface area contributed by atoms with Crippen LogP contribution in [0, 0.1) is 0 Å². The zero-order valence-electron chi connectivity index (χ0n) is 15.6. The second kappa shape index (κ2) is 8.31. The zero-order chi connectivity index (χ0) is 18.7. The topological polar surface area (TPSA) is 66.4 Å². The van der Waals surface area contributed by atoms with E-state index in [2.05, 4.69) is 10.7 Å². The van der Waals surface area contributed by atoms with Gasteiger partial charge in [0.2, 0.25) is 5.91 Å². The van der Waals surface area contributed by atoms with Gasteiger partial charge in [-0.1, -0.05) is 6.92 Å². The predicted octanol–water partition coefficient (Wildman–Crippen LogP) is 2.21. The highest BCUT2D eigenvalue weighted by atomic mass is 19.1. The molecule has 2 N–H and O–H groups in total. The molecular weight excluding hydrogens is 335 g/mol. The van der Waals surface area contributed by atoms with E-state index in [-0.39, 0.29) is 23.6 Å². The number of pyridine rings is 1. The summed E-state index contributed by atoms with van der Waals surface area (Å²) >= 11 is 0. The summed E-state index contributed by atoms with van der Waals surface area (Å²) in [7, 11) is 2.00. The van der Waals surface area contributed by atoms with Crippen molar-refractivity contribution in [3.8, 4) is 0 Å². The van der Waals surface area contributed by atoms with Gasteiger partial charge in [0.1, 0.15) is 6.17 Å². The molecule has 0 bridgehead atoms. The highest BCUT2D eigenvalue weighted by molar-refractivity contribution is 5.75. The highest BCUT2D eigenvalue weighted by Gasteiger charge is 2.27. The number of carbonyl (C=O) groups excluding carboxylic acids is 1. The molecule has 1 aliphatic carbocycles. The highest BCUT2D eigenvalue weighted by Crippen LogP contribution is 2.31. The van der Waals surface area contributed by atoms with Crippen LogP contribution in [-0.2, 0) is 11.3 Å². The smallest absolute Gasteiger partial charge is 0.251 e. The first-order valence-electron chi connectivity index (χ1n) is 9.61. The Morgan fingerprint density at radius 3 is 2.65 bits per heavy atom. The van der Waals surface area contributed by atoms with Crippen LogP contribution in [-0.4, -0.2) is 35.2 Å². The van der Waals surface area contributed by atoms with Crippen LogP contribution in [0.5, 0.6) is 0 Å². The molecule has 7 heteroatoms. The molecule has 1 aromatic heterocycles. The molecule has 26 heavy (non-hydrogen) atoms. The summed E-state index contributed by atoms with van der Waals surface area (Å²) in [6.07, 6.45) is 5.00. The van der Waals surface area contributed by atoms with Crippen molar-refractivity contribution in [2.45, 2.75) is 70.2 Å². The molecule has 0 radical (unpaired) electrons. The van der Waals surface area contributed by atoms with Crippen molar-refractivity contribution in [3.05, 3.63) is 33.7 Å². The number of hydrogen-bond acceptors (Lipinski definition) is 4. The fraction of sp³-hybridized carbons (Fsp3) is 0.684. The van der Waals surface area contributed by atoms with Gasteiger partial charge in [-0.15, -0.1) is 0 Å². The van der Waals surface area contributed by atoms with Gasteiger partial charge in [-0.3, -0.25) is 9.59 Å². The largest absolute Gasteiger partial charge is 0.352 e. The van der Waals surface area contributed by atoms with E-state index in [0.717, 1.165) is 24.1 Å². The Morgan fingerprint density at radius 2 is 2.04 bits per heavy atom. The normalized spacial score (nSPS) is 26.8. The summed E-state index contributed by atoms with van der Waals surface area (Å²) in [5, 5.41) is 4.92. The fourth-order valence-corrected chi connectivity index (χ4v) is 3.93. The Bertz CT molecular complexity index is 697. The van der Waals surface area contributed by atoms with Crippen LogP contribution in [0.15, 0.2) is 17.1 Å². The number of rotatable bonds is 5. The molecule has 1 unspecified atom stereocenters. The lowest BCUT2D eigenvalue weighted by Gasteiger charge is -2.28. The lowest BCUT2D eigenvalue weighted by molar-refractivity contribution is -0.120. The molecule has 2 heterocycles. The van der Waals surface area contributed by atoms with Gasteiger partial charge >= 0.3 is 0 Å². The molecule has 144 valence electrons. The van der Waals surface area contributed by atoms with Crippen LogP contribution in [0.25, 0.3) is 0 Å². The number of amides is 1. The molecule has 1 aromatic rings. The Hall–Kier alpha value is -1.73. The molecule has 2 aliphatic rings. The van der Waals surface area contributed by atoms with Crippen LogP contribution in [0.3, 0.4) is 0 Å². The maximum absolute atomic E-state index is 13.5. The van der Waals surface area contributed by atoms with Gasteiger partial charge in [0.05, 0.1) is 0 Å². The standard InChI is InChI=1S/C19H29FN4O2/c1-3-18(25)21-11-13-10-19(26)24(15-6-4-14(20)5-7-15)12-16(13)17-8-9-23(2)22-17/h10,12,14-15,17,22H,3-9,11H2,1-2H3,(H,21,25). The van der Waals surface area contributed by atoms with Crippen molar-refractivity contribution in [2.24, 2.45) is 0 Å². The molecule has 2 fully saturated rings. The quantitative estimate of drug-likeness (QED) is 0.841. The number of halogens is 1. The Morgan fingerprint density at radius 1 is 1.31 bits per heavy atom. The van der Waals surface area contributed by atoms with Gasteiger partial charge in [-0.2, -0.15) is 0 Å². The van der Waals surface area contributed by atoms with Crippen molar-refractivity contribution < 1.29 is 9.18 Å². The van der Waals surface area contributed by atoms with Crippen molar-refractivity contribution in [1.29, 1.82) is 0 Å². The minimum Gasteiger partial charge on any atom is -0.352 e. The van der Waals surface area contributed by atoms with Crippen LogP contribution < -0.4 is 16.3 Å². The summed E-state index contributed by atoms with van der Waals surface area (Å²) in [6, 6.07) is 1.83. The van der Waals surface area contributed by atoms with Crippen LogP contribution in [0.2, 0.25) is 0 Å². The van der Waals surface area contributed by atoms with Gasteiger partial charge in [0.25, 0.3) is 5.56 Å². The summed E-state index contributed by atoms with van der Waals surface area (Å²) in [4.78, 5) is 24.3. The summed E-state index contributed by atoms with van der Waals surface area (Å²) in [5.74, 6) is -0.0297. The van der Waals surface area contributed by atoms with Gasteiger partial charge in [0, 0.05) is 50.9 Å². The molecule has 1 amide bonds. The van der Waals surface area contributed by atoms with E-state index in [1.165, 1.54) is 0 Å². The monoisotopic (exact) mass is 364 g/mol. The average molecular weight is 364 g/mol. The second-order valence-corrected chi connectivity index (χ2v) is 7.43. The van der Waals surface area contributed by atoms with E-state index in [1.54, 1.807) is 10.6 Å². The second-order valence-electron chi connectivity index (χ2n) is 7.43. The Labute approximate surface area is 153 Å². The fourth-order valence-electron chi connectivity index (χ4n) is 3.93. The van der Waals surface area contributed by atoms with Gasteiger partial charge < -0.3 is 9.88 Å². The van der Waals surface area contributed by atoms with Gasteiger partial charge in [0.15, 0.2) is 0 Å². The number of alkyl halides is 1. The number of aromatic nitrogens is 1. The Balaban J connectivity index is 1.89. The molecule has 6 nitrogen and oxygen atoms in total. The maximum Gasteiger partial charge on any atom is 0.251 e. The number of hydrogen-bond donors (Lipinski definition) is 2. The van der Waals surface area contributed by atoms with Gasteiger partial charge in [-0.05, 0) is 43.2 Å². The summed E-state index contributed by atoms with van der Waals surface area (Å²) in [5.41, 5.74) is 5.26. The minimum atomic E-state index is -0.741. The van der Waals surface area contributed by atoms with E-state index in [9.17, 15) is 14.0 Å². The van der Waals surface area contributed by atoms with E-state index in [0.29, 0.717) is 38.6 Å². The summed E-state index contributed by atoms with van der Waals surface area (Å²) < 4.78 is 15.3. The number of hydrazine groups is 1. The van der Waals surface area contributed by atoms with Crippen molar-refractivity contribution in [2.75, 3.05) is 13.6 Å². The third-order valence-electron chi connectivity index (χ3n) is 5.52. The first-order valence-corrected chi connectivity index (χ1v) is 9.61. The third kappa shape index (κ3) is 4.32. The van der Waals surface area contributed by atoms with Crippen molar-refractivity contribution >= 4 is 5.91 Å². The molecule has 1 saturated carbocycles. The lowest BCUT2D eigenvalue weighted by atomic mass is 9.93. The number of carbonyl (C=O) groups is 1. The first kappa shape index (κ1) is 19.0. The van der Waals surface area contributed by atoms with Crippen LogP contribution in [0.4, 0.5) is 4.39 Å². The molecule has 0 aromatic carbocycles. The van der Waals surface area contributed by atoms with E-state index in [1.807, 2.05) is 25.2 Å². The Kier molecular flexibility index (Phi) is 6.09. The molecular formula is C19H29FN4O2. The molecule has 3 rings (SSSR count). The lowest BCUT2D eigenvalue weighted by Crippen LogP contribution is -2.33. The third-order valence-corrected chi connectivity index (χ3v) is 5.52. The molecule has 1 atom stereocenters. The predicted molar refractivity (Wildman–Crippen MR) is 98.4 cm³/mol. The van der Waals surface area contributed by atoms with Crippen LogP contribution >= 0.6 is 0 Å².